The number of pyridine rings is 1. The summed E-state index contributed by atoms with van der Waals surface area (Å²) in [5.74, 6) is -0.0595. The molecule has 30 heavy (non-hydrogen) atoms. The molecular weight excluding hydrogens is 385 g/mol. The summed E-state index contributed by atoms with van der Waals surface area (Å²) in [6.45, 7) is 2.21. The zero-order chi connectivity index (χ0) is 21.1. The fourth-order valence-corrected chi connectivity index (χ4v) is 4.60. The summed E-state index contributed by atoms with van der Waals surface area (Å²) in [6.07, 6.45) is 1.69. The number of halogens is 1. The van der Waals surface area contributed by atoms with Crippen molar-refractivity contribution < 1.29 is 14.0 Å². The fourth-order valence-electron chi connectivity index (χ4n) is 4.60. The van der Waals surface area contributed by atoms with Gasteiger partial charge in [0.1, 0.15) is 5.82 Å². The quantitative estimate of drug-likeness (QED) is 0.791. The topological polar surface area (TPSA) is 71.4 Å². The fraction of sp³-hybridized carbons (Fsp3) is 0.435. The number of nitrogens with zero attached hydrogens (tertiary/aromatic N) is 2. The molecule has 1 aromatic heterocycles. The maximum absolute atomic E-state index is 13.6. The molecule has 1 fully saturated rings. The van der Waals surface area contributed by atoms with Crippen LogP contribution in [0.15, 0.2) is 47.3 Å². The lowest BCUT2D eigenvalue weighted by Crippen LogP contribution is -2.49. The zero-order valence-corrected chi connectivity index (χ0v) is 16.9. The lowest BCUT2D eigenvalue weighted by Gasteiger charge is -2.42. The molecule has 3 heterocycles. The highest BCUT2D eigenvalue weighted by Crippen LogP contribution is 2.35. The van der Waals surface area contributed by atoms with Crippen LogP contribution in [0.2, 0.25) is 0 Å². The second kappa shape index (κ2) is 8.81. The van der Waals surface area contributed by atoms with Crippen molar-refractivity contribution in [3.63, 3.8) is 0 Å². The third-order valence-electron chi connectivity index (χ3n) is 6.07. The smallest absolute Gasteiger partial charge is 0.250 e. The minimum atomic E-state index is -0.276. The van der Waals surface area contributed by atoms with Crippen molar-refractivity contribution in [3.05, 3.63) is 69.9 Å². The van der Waals surface area contributed by atoms with E-state index in [-0.39, 0.29) is 47.9 Å². The number of carbonyl (C=O) groups excluding carboxylic acids is 2. The summed E-state index contributed by atoms with van der Waals surface area (Å²) in [5, 5.41) is 2.76. The Labute approximate surface area is 174 Å². The largest absolute Gasteiger partial charge is 0.356 e. The van der Waals surface area contributed by atoms with Crippen molar-refractivity contribution >= 4 is 11.8 Å². The number of nitrogens with one attached hydrogen (secondary N) is 1. The van der Waals surface area contributed by atoms with E-state index in [1.807, 2.05) is 15.5 Å². The van der Waals surface area contributed by atoms with E-state index in [0.717, 1.165) is 12.1 Å². The van der Waals surface area contributed by atoms with Crippen molar-refractivity contribution in [2.24, 2.45) is 5.92 Å². The van der Waals surface area contributed by atoms with E-state index < -0.39 is 0 Å². The van der Waals surface area contributed by atoms with Crippen molar-refractivity contribution in [2.75, 3.05) is 19.6 Å². The van der Waals surface area contributed by atoms with Crippen molar-refractivity contribution in [2.45, 2.75) is 38.1 Å². The third kappa shape index (κ3) is 4.45. The van der Waals surface area contributed by atoms with E-state index in [0.29, 0.717) is 38.2 Å². The van der Waals surface area contributed by atoms with Gasteiger partial charge in [0.05, 0.1) is 0 Å². The predicted molar refractivity (Wildman–Crippen MR) is 110 cm³/mol. The summed E-state index contributed by atoms with van der Waals surface area (Å²) >= 11 is 0. The van der Waals surface area contributed by atoms with Gasteiger partial charge in [0, 0.05) is 56.7 Å². The van der Waals surface area contributed by atoms with Gasteiger partial charge in [-0.15, -0.1) is 0 Å². The van der Waals surface area contributed by atoms with Crippen molar-refractivity contribution in [1.29, 1.82) is 0 Å². The van der Waals surface area contributed by atoms with E-state index in [4.69, 9.17) is 0 Å². The molecule has 0 radical (unpaired) electrons. The summed E-state index contributed by atoms with van der Waals surface area (Å²) in [4.78, 5) is 38.7. The molecule has 2 amide bonds. The molecule has 7 heteroatoms. The Hall–Kier alpha value is -2.96. The number of rotatable bonds is 6. The molecule has 1 N–H and O–H groups in total. The highest BCUT2D eigenvalue weighted by atomic mass is 19.1. The number of piperidine rings is 1. The number of carbonyl (C=O) groups is 2. The molecule has 2 atom stereocenters. The van der Waals surface area contributed by atoms with E-state index in [9.17, 15) is 18.8 Å². The normalized spacial score (nSPS) is 19.8. The van der Waals surface area contributed by atoms with Gasteiger partial charge in [0.15, 0.2) is 0 Å². The van der Waals surface area contributed by atoms with Gasteiger partial charge in [0.25, 0.3) is 5.56 Å². The Morgan fingerprint density at radius 3 is 2.70 bits per heavy atom. The van der Waals surface area contributed by atoms with E-state index in [2.05, 4.69) is 5.32 Å². The number of fused-ring (bicyclic) bond motifs is 4. The summed E-state index contributed by atoms with van der Waals surface area (Å²) in [5.41, 5.74) is 1.59. The van der Waals surface area contributed by atoms with Crippen LogP contribution < -0.4 is 10.9 Å². The van der Waals surface area contributed by atoms with Crippen LogP contribution in [-0.2, 0) is 22.6 Å². The molecule has 2 bridgehead atoms. The predicted octanol–water partition coefficient (Wildman–Crippen LogP) is 2.07. The Morgan fingerprint density at radius 1 is 1.03 bits per heavy atom. The van der Waals surface area contributed by atoms with Gasteiger partial charge in [-0.25, -0.2) is 4.39 Å². The molecule has 0 saturated carbocycles. The van der Waals surface area contributed by atoms with Crippen LogP contribution in [0.5, 0.6) is 0 Å². The van der Waals surface area contributed by atoms with Crippen LogP contribution in [0.1, 0.15) is 36.4 Å². The zero-order valence-electron chi connectivity index (χ0n) is 16.9. The van der Waals surface area contributed by atoms with Crippen LogP contribution >= 0.6 is 0 Å². The second-order valence-electron chi connectivity index (χ2n) is 8.19. The number of amides is 2. The molecule has 0 aliphatic carbocycles. The highest BCUT2D eigenvalue weighted by molar-refractivity contribution is 5.83. The maximum Gasteiger partial charge on any atom is 0.250 e. The average molecular weight is 411 g/mol. The second-order valence-corrected chi connectivity index (χ2v) is 8.19. The molecule has 1 aromatic carbocycles. The van der Waals surface area contributed by atoms with Gasteiger partial charge < -0.3 is 14.8 Å². The summed E-state index contributed by atoms with van der Waals surface area (Å²) in [7, 11) is 0. The Morgan fingerprint density at radius 2 is 1.87 bits per heavy atom. The molecule has 2 aliphatic heterocycles. The maximum atomic E-state index is 13.6. The molecule has 158 valence electrons. The first kappa shape index (κ1) is 20.3. The van der Waals surface area contributed by atoms with Gasteiger partial charge >= 0.3 is 0 Å². The summed E-state index contributed by atoms with van der Waals surface area (Å²) in [6, 6.07) is 11.8. The Bertz CT molecular complexity index is 1000. The van der Waals surface area contributed by atoms with Gasteiger partial charge in [-0.1, -0.05) is 24.3 Å². The number of aromatic nitrogens is 1. The van der Waals surface area contributed by atoms with Gasteiger partial charge in [-0.05, 0) is 36.5 Å². The SMILES string of the molecule is O=C(CCC(=O)N1C[C@H]2C[C@H](C1)c1cccc(=O)n1C2)NCCc1ccccc1F. The van der Waals surface area contributed by atoms with Gasteiger partial charge in [0.2, 0.25) is 11.8 Å². The summed E-state index contributed by atoms with van der Waals surface area (Å²) < 4.78 is 15.4. The van der Waals surface area contributed by atoms with Crippen LogP contribution in [-0.4, -0.2) is 40.9 Å². The van der Waals surface area contributed by atoms with Gasteiger partial charge in [-0.2, -0.15) is 0 Å². The van der Waals surface area contributed by atoms with E-state index in [1.54, 1.807) is 30.3 Å². The van der Waals surface area contributed by atoms with Crippen molar-refractivity contribution in [3.8, 4) is 0 Å². The number of likely N-dealkylation sites (tertiary alicyclic amines) is 1. The Balaban J connectivity index is 1.25. The molecule has 6 nitrogen and oxygen atoms in total. The average Bonchev–Trinajstić information content (AvgIpc) is 2.74. The molecular formula is C23H26FN3O3. The molecule has 1 saturated heterocycles. The van der Waals surface area contributed by atoms with Crippen LogP contribution in [0.3, 0.4) is 0 Å². The van der Waals surface area contributed by atoms with Crippen LogP contribution in [0.4, 0.5) is 4.39 Å². The van der Waals surface area contributed by atoms with Crippen molar-refractivity contribution in [1.82, 2.24) is 14.8 Å². The van der Waals surface area contributed by atoms with Crippen LogP contribution in [0, 0.1) is 11.7 Å². The molecule has 2 aromatic rings. The van der Waals surface area contributed by atoms with Gasteiger partial charge in [-0.3, -0.25) is 14.4 Å². The molecule has 0 unspecified atom stereocenters. The lowest BCUT2D eigenvalue weighted by atomic mass is 9.83. The molecule has 2 aliphatic rings. The lowest BCUT2D eigenvalue weighted by molar-refractivity contribution is -0.136. The highest BCUT2D eigenvalue weighted by Gasteiger charge is 2.36. The first-order valence-corrected chi connectivity index (χ1v) is 10.5. The first-order chi connectivity index (χ1) is 14.5. The third-order valence-corrected chi connectivity index (χ3v) is 6.07. The monoisotopic (exact) mass is 411 g/mol. The van der Waals surface area contributed by atoms with Crippen LogP contribution in [0.25, 0.3) is 0 Å². The minimum Gasteiger partial charge on any atom is -0.356 e. The standard InChI is InChI=1S/C23H26FN3O3/c24-19-5-2-1-4-17(19)10-11-25-21(28)8-9-22(29)26-13-16-12-18(15-26)20-6-3-7-23(30)27(20)14-16/h1-7,16,18H,8-15H2,(H,25,28)/t16-,18-/m1/s1. The number of benzene rings is 1. The molecule has 0 spiro atoms. The number of hydrogen-bond acceptors (Lipinski definition) is 3. The number of hydrogen-bond donors (Lipinski definition) is 1. The molecule has 4 rings (SSSR count). The first-order valence-electron chi connectivity index (χ1n) is 10.5. The minimum absolute atomic E-state index is 0.0223. The van der Waals surface area contributed by atoms with E-state index in [1.165, 1.54) is 6.07 Å². The Kier molecular flexibility index (Phi) is 5.97. The van der Waals surface area contributed by atoms with E-state index >= 15 is 0 Å².